The maximum Gasteiger partial charge on any atom is 0.205 e. The minimum atomic E-state index is -0.626. The lowest BCUT2D eigenvalue weighted by atomic mass is 10.1. The van der Waals surface area contributed by atoms with Gasteiger partial charge in [0.25, 0.3) is 0 Å². The van der Waals surface area contributed by atoms with Crippen LogP contribution < -0.4 is 9.80 Å². The van der Waals surface area contributed by atoms with E-state index in [9.17, 15) is 8.78 Å². The van der Waals surface area contributed by atoms with Gasteiger partial charge in [0.05, 0.1) is 0 Å². The van der Waals surface area contributed by atoms with Crippen LogP contribution in [0.2, 0.25) is 0 Å². The second-order valence-corrected chi connectivity index (χ2v) is 7.02. The van der Waals surface area contributed by atoms with Crippen LogP contribution in [0.5, 0.6) is 0 Å². The van der Waals surface area contributed by atoms with Gasteiger partial charge in [0, 0.05) is 67.5 Å². The zero-order chi connectivity index (χ0) is 18.1. The van der Waals surface area contributed by atoms with E-state index >= 15 is 0 Å². The predicted molar refractivity (Wildman–Crippen MR) is 100.0 cm³/mol. The fourth-order valence-electron chi connectivity index (χ4n) is 3.31. The largest absolute Gasteiger partial charge is 0.369 e. The van der Waals surface area contributed by atoms with Gasteiger partial charge in [0.2, 0.25) is 5.13 Å². The van der Waals surface area contributed by atoms with Gasteiger partial charge in [-0.1, -0.05) is 6.92 Å². The van der Waals surface area contributed by atoms with Crippen molar-refractivity contribution in [1.29, 1.82) is 0 Å². The summed E-state index contributed by atoms with van der Waals surface area (Å²) in [4.78, 5) is 13.1. The Bertz CT molecular complexity index is 929. The van der Waals surface area contributed by atoms with Gasteiger partial charge in [-0.3, -0.25) is 4.98 Å². The van der Waals surface area contributed by atoms with Crippen molar-refractivity contribution in [3.8, 4) is 0 Å². The molecule has 0 N–H and O–H groups in total. The van der Waals surface area contributed by atoms with Crippen LogP contribution >= 0.6 is 11.5 Å². The van der Waals surface area contributed by atoms with Gasteiger partial charge in [-0.05, 0) is 18.6 Å². The Hall–Kier alpha value is -2.35. The third kappa shape index (κ3) is 3.21. The molecule has 8 heteroatoms. The van der Waals surface area contributed by atoms with Crippen LogP contribution in [0.15, 0.2) is 24.4 Å². The van der Waals surface area contributed by atoms with Crippen molar-refractivity contribution < 1.29 is 8.78 Å². The lowest BCUT2D eigenvalue weighted by molar-refractivity contribution is 0.590. The summed E-state index contributed by atoms with van der Waals surface area (Å²) in [5.74, 6) is -0.335. The lowest BCUT2D eigenvalue weighted by Gasteiger charge is -2.24. The van der Waals surface area contributed by atoms with Gasteiger partial charge >= 0.3 is 0 Å². The van der Waals surface area contributed by atoms with Crippen molar-refractivity contribution in [3.05, 3.63) is 41.9 Å². The fraction of sp³-hybridized carbons (Fsp3) is 0.389. The maximum atomic E-state index is 14.1. The molecule has 0 spiro atoms. The highest BCUT2D eigenvalue weighted by Crippen LogP contribution is 2.29. The standard InChI is InChI=1S/C18H19F2N5S/c1-2-16-22-18(26-23-16)25-7-3-6-24(8-9-25)15-4-5-21-17-13(15)10-12(19)11-14(17)20/h4-5,10-11H,2-3,6-9H2,1H3. The van der Waals surface area contributed by atoms with Crippen LogP contribution in [0.4, 0.5) is 19.6 Å². The number of nitrogens with zero attached hydrogens (tertiary/aromatic N) is 5. The Balaban J connectivity index is 1.60. The number of pyridine rings is 1. The van der Waals surface area contributed by atoms with Gasteiger partial charge < -0.3 is 9.80 Å². The topological polar surface area (TPSA) is 45.2 Å². The first-order chi connectivity index (χ1) is 12.7. The molecule has 2 aromatic heterocycles. The third-order valence-electron chi connectivity index (χ3n) is 4.62. The maximum absolute atomic E-state index is 14.1. The number of rotatable bonds is 3. The Kier molecular flexibility index (Phi) is 4.67. The van der Waals surface area contributed by atoms with Crippen molar-refractivity contribution in [3.63, 3.8) is 0 Å². The lowest BCUT2D eigenvalue weighted by Crippen LogP contribution is -2.30. The molecule has 0 radical (unpaired) electrons. The molecule has 4 rings (SSSR count). The van der Waals surface area contributed by atoms with E-state index in [1.54, 1.807) is 6.20 Å². The summed E-state index contributed by atoms with van der Waals surface area (Å²) in [6.45, 7) is 5.29. The van der Waals surface area contributed by atoms with Gasteiger partial charge in [0.15, 0.2) is 5.82 Å². The van der Waals surface area contributed by atoms with Crippen molar-refractivity contribution >= 4 is 33.3 Å². The molecule has 3 aromatic rings. The molecule has 0 saturated carbocycles. The molecule has 3 heterocycles. The molecule has 26 heavy (non-hydrogen) atoms. The third-order valence-corrected chi connectivity index (χ3v) is 5.44. The van der Waals surface area contributed by atoms with E-state index in [2.05, 4.69) is 24.1 Å². The molecule has 0 amide bonds. The van der Waals surface area contributed by atoms with Gasteiger partial charge in [-0.25, -0.2) is 13.8 Å². The van der Waals surface area contributed by atoms with Gasteiger partial charge in [-0.15, -0.1) is 0 Å². The number of hydrogen-bond acceptors (Lipinski definition) is 6. The van der Waals surface area contributed by atoms with E-state index in [0.29, 0.717) is 5.39 Å². The SMILES string of the molecule is CCc1nsc(N2CCCN(c3ccnc4c(F)cc(F)cc34)CC2)n1. The fourth-order valence-corrected chi connectivity index (χ4v) is 4.11. The second kappa shape index (κ2) is 7.11. The Morgan fingerprint density at radius 1 is 1.12 bits per heavy atom. The number of halogens is 2. The van der Waals surface area contributed by atoms with Crippen LogP contribution in [-0.2, 0) is 6.42 Å². The highest BCUT2D eigenvalue weighted by Gasteiger charge is 2.20. The monoisotopic (exact) mass is 375 g/mol. The van der Waals surface area contributed by atoms with Crippen molar-refractivity contribution in [1.82, 2.24) is 14.3 Å². The summed E-state index contributed by atoms with van der Waals surface area (Å²) < 4.78 is 32.1. The smallest absolute Gasteiger partial charge is 0.205 e. The summed E-state index contributed by atoms with van der Waals surface area (Å²) in [6.07, 6.45) is 3.35. The predicted octanol–water partition coefficient (Wildman–Crippen LogP) is 3.64. The van der Waals surface area contributed by atoms with E-state index in [4.69, 9.17) is 0 Å². The molecule has 1 saturated heterocycles. The van der Waals surface area contributed by atoms with Crippen molar-refractivity contribution in [2.45, 2.75) is 19.8 Å². The number of aromatic nitrogens is 3. The number of anilines is 2. The Morgan fingerprint density at radius 2 is 1.92 bits per heavy atom. The quantitative estimate of drug-likeness (QED) is 0.699. The first kappa shape index (κ1) is 17.1. The molecule has 0 aliphatic carbocycles. The zero-order valence-electron chi connectivity index (χ0n) is 14.5. The number of hydrogen-bond donors (Lipinski definition) is 0. The second-order valence-electron chi connectivity index (χ2n) is 6.29. The van der Waals surface area contributed by atoms with Crippen molar-refractivity contribution in [2.75, 3.05) is 36.0 Å². The van der Waals surface area contributed by atoms with E-state index in [1.165, 1.54) is 17.6 Å². The molecular formula is C18H19F2N5S. The first-order valence-corrected chi connectivity index (χ1v) is 9.49. The molecule has 0 atom stereocenters. The summed E-state index contributed by atoms with van der Waals surface area (Å²) in [6, 6.07) is 4.07. The minimum Gasteiger partial charge on any atom is -0.369 e. The molecule has 1 aliphatic rings. The van der Waals surface area contributed by atoms with Crippen molar-refractivity contribution in [2.24, 2.45) is 0 Å². The van der Waals surface area contributed by atoms with Crippen LogP contribution in [-0.4, -0.2) is 40.5 Å². The molecule has 0 bridgehead atoms. The molecule has 5 nitrogen and oxygen atoms in total. The molecule has 1 aromatic carbocycles. The van der Waals surface area contributed by atoms with Crippen LogP contribution in [0.25, 0.3) is 10.9 Å². The van der Waals surface area contributed by atoms with Crippen LogP contribution in [0.3, 0.4) is 0 Å². The van der Waals surface area contributed by atoms with Crippen LogP contribution in [0, 0.1) is 11.6 Å². The molecule has 1 fully saturated rings. The van der Waals surface area contributed by atoms with Gasteiger partial charge in [-0.2, -0.15) is 4.37 Å². The van der Waals surface area contributed by atoms with Crippen LogP contribution in [0.1, 0.15) is 19.2 Å². The Morgan fingerprint density at radius 3 is 2.73 bits per heavy atom. The van der Waals surface area contributed by atoms with E-state index in [1.807, 2.05) is 13.0 Å². The molecule has 136 valence electrons. The molecule has 0 unspecified atom stereocenters. The highest BCUT2D eigenvalue weighted by molar-refractivity contribution is 7.09. The van der Waals surface area contributed by atoms with E-state index in [-0.39, 0.29) is 5.52 Å². The Labute approximate surface area is 154 Å². The summed E-state index contributed by atoms with van der Waals surface area (Å²) in [5, 5.41) is 1.46. The zero-order valence-corrected chi connectivity index (χ0v) is 15.3. The van der Waals surface area contributed by atoms with E-state index < -0.39 is 11.6 Å². The number of aryl methyl sites for hydroxylation is 1. The molecule has 1 aliphatic heterocycles. The first-order valence-electron chi connectivity index (χ1n) is 8.72. The summed E-state index contributed by atoms with van der Waals surface area (Å²) >= 11 is 1.43. The minimum absolute atomic E-state index is 0.210. The summed E-state index contributed by atoms with van der Waals surface area (Å²) in [5.41, 5.74) is 1.03. The van der Waals surface area contributed by atoms with Gasteiger partial charge in [0.1, 0.15) is 17.2 Å². The van der Waals surface area contributed by atoms with E-state index in [0.717, 1.165) is 61.7 Å². The highest BCUT2D eigenvalue weighted by atomic mass is 32.1. The summed E-state index contributed by atoms with van der Waals surface area (Å²) in [7, 11) is 0. The average molecular weight is 375 g/mol. The number of fused-ring (bicyclic) bond motifs is 1. The molecular weight excluding hydrogens is 356 g/mol. The normalized spacial score (nSPS) is 15.5. The number of benzene rings is 1. The average Bonchev–Trinajstić information content (AvgIpc) is 2.98.